The van der Waals surface area contributed by atoms with Crippen LogP contribution in [0.3, 0.4) is 0 Å². The van der Waals surface area contributed by atoms with E-state index in [1.165, 1.54) is 10.9 Å². The summed E-state index contributed by atoms with van der Waals surface area (Å²) in [7, 11) is 0. The number of aromatic nitrogens is 5. The molecule has 2 aromatic heterocycles. The van der Waals surface area contributed by atoms with Crippen molar-refractivity contribution in [2.45, 2.75) is 25.4 Å². The van der Waals surface area contributed by atoms with Crippen LogP contribution in [0.1, 0.15) is 18.9 Å². The summed E-state index contributed by atoms with van der Waals surface area (Å²) in [4.78, 5) is 31.0. The highest BCUT2D eigenvalue weighted by Crippen LogP contribution is 2.20. The largest absolute Gasteiger partial charge is 0.340 e. The van der Waals surface area contributed by atoms with Gasteiger partial charge in [0.05, 0.1) is 29.5 Å². The van der Waals surface area contributed by atoms with Crippen LogP contribution < -0.4 is 5.56 Å². The van der Waals surface area contributed by atoms with Crippen molar-refractivity contribution >= 4 is 16.8 Å². The fourth-order valence-electron chi connectivity index (χ4n) is 3.24. The molecule has 1 amide bonds. The van der Waals surface area contributed by atoms with Crippen LogP contribution in [0.2, 0.25) is 0 Å². The number of para-hydroxylation sites is 1. The Morgan fingerprint density at radius 3 is 3.00 bits per heavy atom. The summed E-state index contributed by atoms with van der Waals surface area (Å²) in [6.45, 7) is 1.67. The topological polar surface area (TPSA) is 85.9 Å². The normalized spacial score (nSPS) is 17.3. The molecule has 1 atom stereocenters. The number of nitrogens with zero attached hydrogens (tertiary/aromatic N) is 6. The highest BCUT2D eigenvalue weighted by Gasteiger charge is 2.27. The molecule has 25 heavy (non-hydrogen) atoms. The lowest BCUT2D eigenvalue weighted by Crippen LogP contribution is -2.31. The summed E-state index contributed by atoms with van der Waals surface area (Å²) in [6, 6.07) is 7.40. The molecule has 1 aromatic carbocycles. The van der Waals surface area contributed by atoms with Gasteiger partial charge in [-0.05, 0) is 18.6 Å². The molecule has 0 spiro atoms. The van der Waals surface area contributed by atoms with E-state index >= 15 is 0 Å². The van der Waals surface area contributed by atoms with E-state index in [4.69, 9.17) is 0 Å². The van der Waals surface area contributed by atoms with Crippen LogP contribution >= 0.6 is 0 Å². The maximum absolute atomic E-state index is 12.5. The molecule has 1 aliphatic heterocycles. The molecule has 128 valence electrons. The van der Waals surface area contributed by atoms with E-state index in [1.807, 2.05) is 23.2 Å². The van der Waals surface area contributed by atoms with Crippen molar-refractivity contribution in [3.8, 4) is 0 Å². The van der Waals surface area contributed by atoms with Crippen molar-refractivity contribution in [3.05, 3.63) is 53.3 Å². The van der Waals surface area contributed by atoms with E-state index in [-0.39, 0.29) is 23.9 Å². The zero-order valence-corrected chi connectivity index (χ0v) is 13.7. The van der Waals surface area contributed by atoms with Gasteiger partial charge in [-0.1, -0.05) is 17.3 Å². The van der Waals surface area contributed by atoms with Gasteiger partial charge in [0, 0.05) is 32.3 Å². The molecule has 0 radical (unpaired) electrons. The standard InChI is InChI=1S/C17H18N6O2/c24-16(21-8-5-13(11-21)23-10-7-19-20-23)6-9-22-12-18-15-4-2-1-3-14(15)17(22)25/h1-4,7,10,12-13H,5-6,8-9,11H2/t13-/m1/s1. The first-order chi connectivity index (χ1) is 12.2. The van der Waals surface area contributed by atoms with Gasteiger partial charge in [-0.3, -0.25) is 14.2 Å². The Balaban J connectivity index is 1.41. The predicted molar refractivity (Wildman–Crippen MR) is 90.9 cm³/mol. The molecule has 3 heterocycles. The first-order valence-electron chi connectivity index (χ1n) is 8.30. The van der Waals surface area contributed by atoms with Crippen molar-refractivity contribution in [1.82, 2.24) is 29.4 Å². The van der Waals surface area contributed by atoms with Crippen LogP contribution in [0.5, 0.6) is 0 Å². The first-order valence-corrected chi connectivity index (χ1v) is 8.30. The van der Waals surface area contributed by atoms with Crippen molar-refractivity contribution < 1.29 is 4.79 Å². The quantitative estimate of drug-likeness (QED) is 0.704. The molecule has 1 saturated heterocycles. The second-order valence-corrected chi connectivity index (χ2v) is 6.18. The second kappa shape index (κ2) is 6.46. The molecule has 0 bridgehead atoms. The molecular weight excluding hydrogens is 320 g/mol. The second-order valence-electron chi connectivity index (χ2n) is 6.18. The number of carbonyl (C=O) groups is 1. The molecule has 0 unspecified atom stereocenters. The Kier molecular flexibility index (Phi) is 4.01. The molecule has 0 saturated carbocycles. The van der Waals surface area contributed by atoms with E-state index < -0.39 is 0 Å². The van der Waals surface area contributed by atoms with Crippen molar-refractivity contribution in [1.29, 1.82) is 0 Å². The van der Waals surface area contributed by atoms with Crippen LogP contribution in [-0.2, 0) is 11.3 Å². The molecule has 4 rings (SSSR count). The monoisotopic (exact) mass is 338 g/mol. The number of hydrogen-bond donors (Lipinski definition) is 0. The molecule has 8 heteroatoms. The molecular formula is C17H18N6O2. The van der Waals surface area contributed by atoms with Gasteiger partial charge in [0.2, 0.25) is 5.91 Å². The molecule has 1 aliphatic rings. The number of likely N-dealkylation sites (tertiary alicyclic amines) is 1. The smallest absolute Gasteiger partial charge is 0.261 e. The van der Waals surface area contributed by atoms with Gasteiger partial charge in [0.1, 0.15) is 0 Å². The molecule has 8 nitrogen and oxygen atoms in total. The van der Waals surface area contributed by atoms with Gasteiger partial charge in [-0.15, -0.1) is 5.10 Å². The van der Waals surface area contributed by atoms with E-state index in [1.54, 1.807) is 23.0 Å². The average Bonchev–Trinajstić information content (AvgIpc) is 3.32. The maximum atomic E-state index is 12.5. The van der Waals surface area contributed by atoms with Crippen LogP contribution in [0.15, 0.2) is 47.8 Å². The summed E-state index contributed by atoms with van der Waals surface area (Å²) in [5, 5.41) is 8.39. The summed E-state index contributed by atoms with van der Waals surface area (Å²) >= 11 is 0. The van der Waals surface area contributed by atoms with E-state index in [9.17, 15) is 9.59 Å². The van der Waals surface area contributed by atoms with Gasteiger partial charge in [0.15, 0.2) is 0 Å². The summed E-state index contributed by atoms with van der Waals surface area (Å²) < 4.78 is 3.30. The predicted octanol–water partition coefficient (Wildman–Crippen LogP) is 0.852. The highest BCUT2D eigenvalue weighted by molar-refractivity contribution is 5.77. The highest BCUT2D eigenvalue weighted by atomic mass is 16.2. The van der Waals surface area contributed by atoms with Crippen molar-refractivity contribution in [2.24, 2.45) is 0 Å². The van der Waals surface area contributed by atoms with Crippen LogP contribution in [0.25, 0.3) is 10.9 Å². The number of aryl methyl sites for hydroxylation is 1. The van der Waals surface area contributed by atoms with E-state index in [0.717, 1.165) is 6.42 Å². The SMILES string of the molecule is O=C(CCn1cnc2ccccc2c1=O)N1CC[C@@H](n2ccnn2)C1. The number of amides is 1. The molecule has 3 aromatic rings. The number of benzene rings is 1. The van der Waals surface area contributed by atoms with Crippen molar-refractivity contribution in [3.63, 3.8) is 0 Å². The minimum Gasteiger partial charge on any atom is -0.340 e. The van der Waals surface area contributed by atoms with Gasteiger partial charge in [0.25, 0.3) is 5.56 Å². The number of carbonyl (C=O) groups excluding carboxylic acids is 1. The Morgan fingerprint density at radius 2 is 2.16 bits per heavy atom. The number of hydrogen-bond acceptors (Lipinski definition) is 5. The minimum absolute atomic E-state index is 0.0441. The summed E-state index contributed by atoms with van der Waals surface area (Å²) in [6.07, 6.45) is 6.12. The third-order valence-electron chi connectivity index (χ3n) is 4.63. The van der Waals surface area contributed by atoms with Gasteiger partial charge in [-0.25, -0.2) is 9.67 Å². The lowest BCUT2D eigenvalue weighted by atomic mass is 10.2. The van der Waals surface area contributed by atoms with E-state index in [2.05, 4.69) is 15.3 Å². The Morgan fingerprint density at radius 1 is 1.28 bits per heavy atom. The van der Waals surface area contributed by atoms with Crippen LogP contribution in [0, 0.1) is 0 Å². The minimum atomic E-state index is -0.111. The zero-order chi connectivity index (χ0) is 17.2. The van der Waals surface area contributed by atoms with E-state index in [0.29, 0.717) is 30.5 Å². The molecule has 0 aliphatic carbocycles. The average molecular weight is 338 g/mol. The third kappa shape index (κ3) is 3.02. The first kappa shape index (κ1) is 15.5. The lowest BCUT2D eigenvalue weighted by Gasteiger charge is -2.17. The Bertz CT molecular complexity index is 949. The fourth-order valence-corrected chi connectivity index (χ4v) is 3.24. The maximum Gasteiger partial charge on any atom is 0.261 e. The third-order valence-corrected chi connectivity index (χ3v) is 4.63. The van der Waals surface area contributed by atoms with Gasteiger partial charge in [-0.2, -0.15) is 0 Å². The molecule has 1 fully saturated rings. The molecule has 0 N–H and O–H groups in total. The Labute approximate surface area is 143 Å². The van der Waals surface area contributed by atoms with Crippen molar-refractivity contribution in [2.75, 3.05) is 13.1 Å². The fraction of sp³-hybridized carbons (Fsp3) is 0.353. The van der Waals surface area contributed by atoms with Gasteiger partial charge >= 0.3 is 0 Å². The zero-order valence-electron chi connectivity index (χ0n) is 13.7. The number of fused-ring (bicyclic) bond motifs is 1. The summed E-state index contributed by atoms with van der Waals surface area (Å²) in [5.74, 6) is 0.0441. The lowest BCUT2D eigenvalue weighted by molar-refractivity contribution is -0.130. The Hall–Kier alpha value is -3.03. The van der Waals surface area contributed by atoms with Gasteiger partial charge < -0.3 is 4.90 Å². The summed E-state index contributed by atoms with van der Waals surface area (Å²) in [5.41, 5.74) is 0.561. The number of rotatable bonds is 4. The van der Waals surface area contributed by atoms with Crippen LogP contribution in [-0.4, -0.2) is 48.4 Å². The van der Waals surface area contributed by atoms with Crippen LogP contribution in [0.4, 0.5) is 0 Å².